The normalized spacial score (nSPS) is 40.3. The molecule has 3 saturated carbocycles. The molecular weight excluding hydrogens is 366 g/mol. The standard InChI is InChI=1S/C16H19Br2N/c1-7-4-12(18)10(6-11(7)17)16(19)15-13-8-2-3-9(5-8)14(13)15/h4,6,8-9,13-16H,2-3,5,19H2,1H3. The van der Waals surface area contributed by atoms with Gasteiger partial charge in [0.2, 0.25) is 0 Å². The van der Waals surface area contributed by atoms with Crippen LogP contribution in [0.1, 0.15) is 36.4 Å². The zero-order valence-corrected chi connectivity index (χ0v) is 14.2. The van der Waals surface area contributed by atoms with Gasteiger partial charge in [0.15, 0.2) is 0 Å². The Labute approximate surface area is 131 Å². The van der Waals surface area contributed by atoms with Crippen LogP contribution in [0.3, 0.4) is 0 Å². The molecule has 19 heavy (non-hydrogen) atoms. The molecular formula is C16H19Br2N. The summed E-state index contributed by atoms with van der Waals surface area (Å²) in [6.45, 7) is 2.12. The predicted molar refractivity (Wildman–Crippen MR) is 84.8 cm³/mol. The van der Waals surface area contributed by atoms with Gasteiger partial charge < -0.3 is 5.73 Å². The number of hydrogen-bond acceptors (Lipinski definition) is 1. The summed E-state index contributed by atoms with van der Waals surface area (Å²) < 4.78 is 2.35. The number of nitrogens with two attached hydrogens (primary N) is 1. The van der Waals surface area contributed by atoms with Crippen LogP contribution in [0, 0.1) is 36.5 Å². The van der Waals surface area contributed by atoms with Gasteiger partial charge in [0, 0.05) is 15.0 Å². The lowest BCUT2D eigenvalue weighted by molar-refractivity contribution is 0.417. The van der Waals surface area contributed by atoms with Crippen molar-refractivity contribution in [2.24, 2.45) is 35.3 Å². The molecule has 0 amide bonds. The van der Waals surface area contributed by atoms with E-state index in [1.54, 1.807) is 0 Å². The van der Waals surface area contributed by atoms with Crippen LogP contribution in [0.2, 0.25) is 0 Å². The molecule has 1 aromatic carbocycles. The molecule has 3 heteroatoms. The molecule has 1 aromatic rings. The molecule has 5 unspecified atom stereocenters. The fraction of sp³-hybridized carbons (Fsp3) is 0.625. The minimum Gasteiger partial charge on any atom is -0.324 e. The minimum absolute atomic E-state index is 0.213. The van der Waals surface area contributed by atoms with E-state index in [-0.39, 0.29) is 6.04 Å². The number of rotatable bonds is 2. The van der Waals surface area contributed by atoms with Crippen LogP contribution in [-0.4, -0.2) is 0 Å². The van der Waals surface area contributed by atoms with Gasteiger partial charge in [-0.15, -0.1) is 0 Å². The molecule has 2 bridgehead atoms. The van der Waals surface area contributed by atoms with Crippen molar-refractivity contribution in [2.45, 2.75) is 32.2 Å². The van der Waals surface area contributed by atoms with Crippen molar-refractivity contribution in [3.8, 4) is 0 Å². The van der Waals surface area contributed by atoms with E-state index in [9.17, 15) is 0 Å². The average molecular weight is 385 g/mol. The van der Waals surface area contributed by atoms with Crippen LogP contribution in [0.4, 0.5) is 0 Å². The summed E-state index contributed by atoms with van der Waals surface area (Å²) in [6.07, 6.45) is 4.43. The second-order valence-electron chi connectivity index (χ2n) is 6.71. The zero-order valence-electron chi connectivity index (χ0n) is 11.1. The van der Waals surface area contributed by atoms with Gasteiger partial charge in [0.1, 0.15) is 0 Å². The third-order valence-electron chi connectivity index (χ3n) is 5.85. The van der Waals surface area contributed by atoms with Gasteiger partial charge >= 0.3 is 0 Å². The first-order chi connectivity index (χ1) is 9.08. The molecule has 1 nitrogen and oxygen atoms in total. The molecule has 3 aliphatic rings. The van der Waals surface area contributed by atoms with Gasteiger partial charge in [-0.3, -0.25) is 0 Å². The van der Waals surface area contributed by atoms with Crippen LogP contribution in [-0.2, 0) is 0 Å². The Bertz CT molecular complexity index is 526. The maximum Gasteiger partial charge on any atom is 0.0340 e. The van der Waals surface area contributed by atoms with Crippen LogP contribution < -0.4 is 5.73 Å². The summed E-state index contributed by atoms with van der Waals surface area (Å²) in [6, 6.07) is 4.62. The second kappa shape index (κ2) is 4.32. The van der Waals surface area contributed by atoms with Crippen molar-refractivity contribution in [3.63, 3.8) is 0 Å². The quantitative estimate of drug-likeness (QED) is 0.777. The highest BCUT2D eigenvalue weighted by atomic mass is 79.9. The first-order valence-corrected chi connectivity index (χ1v) is 8.87. The van der Waals surface area contributed by atoms with Gasteiger partial charge in [-0.25, -0.2) is 0 Å². The molecule has 0 aliphatic heterocycles. The van der Waals surface area contributed by atoms with Crippen molar-refractivity contribution in [2.75, 3.05) is 0 Å². The monoisotopic (exact) mass is 383 g/mol. The molecule has 4 rings (SSSR count). The molecule has 0 spiro atoms. The smallest absolute Gasteiger partial charge is 0.0340 e. The molecule has 3 fully saturated rings. The maximum atomic E-state index is 6.61. The van der Waals surface area contributed by atoms with E-state index in [4.69, 9.17) is 5.73 Å². The average Bonchev–Trinajstić information content (AvgIpc) is 2.81. The Morgan fingerprint density at radius 3 is 2.37 bits per heavy atom. The van der Waals surface area contributed by atoms with Gasteiger partial charge in [0.05, 0.1) is 0 Å². The van der Waals surface area contributed by atoms with Crippen LogP contribution in [0.25, 0.3) is 0 Å². The van der Waals surface area contributed by atoms with Gasteiger partial charge in [-0.1, -0.05) is 31.9 Å². The number of benzene rings is 1. The fourth-order valence-corrected chi connectivity index (χ4v) is 6.08. The molecule has 2 N–H and O–H groups in total. The lowest BCUT2D eigenvalue weighted by Crippen LogP contribution is -2.18. The van der Waals surface area contributed by atoms with E-state index >= 15 is 0 Å². The highest BCUT2D eigenvalue weighted by Gasteiger charge is 2.66. The molecule has 3 aliphatic carbocycles. The minimum atomic E-state index is 0.213. The summed E-state index contributed by atoms with van der Waals surface area (Å²) in [5.74, 6) is 4.64. The largest absolute Gasteiger partial charge is 0.324 e. The van der Waals surface area contributed by atoms with E-state index in [1.165, 1.54) is 39.3 Å². The predicted octanol–water partition coefficient (Wildman–Crippen LogP) is 4.81. The van der Waals surface area contributed by atoms with Crippen molar-refractivity contribution < 1.29 is 0 Å². The fourth-order valence-electron chi connectivity index (χ4n) is 5.00. The number of halogens is 2. The van der Waals surface area contributed by atoms with E-state index in [0.717, 1.165) is 29.6 Å². The summed E-state index contributed by atoms with van der Waals surface area (Å²) in [4.78, 5) is 0. The number of fused-ring (bicyclic) bond motifs is 5. The SMILES string of the molecule is Cc1cc(Br)c(C(N)C2C3C4CCC(C4)C32)cc1Br. The Balaban J connectivity index is 1.62. The van der Waals surface area contributed by atoms with Gasteiger partial charge in [0.25, 0.3) is 0 Å². The topological polar surface area (TPSA) is 26.0 Å². The number of aryl methyl sites for hydroxylation is 1. The molecule has 0 saturated heterocycles. The molecule has 0 radical (unpaired) electrons. The second-order valence-corrected chi connectivity index (χ2v) is 8.42. The van der Waals surface area contributed by atoms with Crippen molar-refractivity contribution >= 4 is 31.9 Å². The maximum absolute atomic E-state index is 6.61. The lowest BCUT2D eigenvalue weighted by Gasteiger charge is -2.19. The first kappa shape index (κ1) is 12.8. The third kappa shape index (κ3) is 1.81. The zero-order chi connectivity index (χ0) is 13.3. The molecule has 0 aromatic heterocycles. The third-order valence-corrected chi connectivity index (χ3v) is 7.39. The summed E-state index contributed by atoms with van der Waals surface area (Å²) >= 11 is 7.34. The molecule has 5 atom stereocenters. The molecule has 0 heterocycles. The van der Waals surface area contributed by atoms with Crippen molar-refractivity contribution in [1.29, 1.82) is 0 Å². The Morgan fingerprint density at radius 1 is 1.11 bits per heavy atom. The summed E-state index contributed by atoms with van der Waals surface area (Å²) in [5, 5.41) is 0. The van der Waals surface area contributed by atoms with Crippen molar-refractivity contribution in [1.82, 2.24) is 0 Å². The van der Waals surface area contributed by atoms with Crippen molar-refractivity contribution in [3.05, 3.63) is 32.2 Å². The molecule has 102 valence electrons. The van der Waals surface area contributed by atoms with Gasteiger partial charge in [-0.2, -0.15) is 0 Å². The Kier molecular flexibility index (Phi) is 2.92. The van der Waals surface area contributed by atoms with E-state index < -0.39 is 0 Å². The highest BCUT2D eigenvalue weighted by molar-refractivity contribution is 9.11. The Hall–Kier alpha value is 0.140. The summed E-state index contributed by atoms with van der Waals surface area (Å²) in [5.41, 5.74) is 9.16. The lowest BCUT2D eigenvalue weighted by atomic mass is 9.93. The summed E-state index contributed by atoms with van der Waals surface area (Å²) in [7, 11) is 0. The van der Waals surface area contributed by atoms with E-state index in [2.05, 4.69) is 50.9 Å². The van der Waals surface area contributed by atoms with Gasteiger partial charge in [-0.05, 0) is 79.0 Å². The van der Waals surface area contributed by atoms with Crippen LogP contribution in [0.5, 0.6) is 0 Å². The first-order valence-electron chi connectivity index (χ1n) is 7.29. The number of hydrogen-bond donors (Lipinski definition) is 1. The van der Waals surface area contributed by atoms with E-state index in [1.807, 2.05) is 0 Å². The highest BCUT2D eigenvalue weighted by Crippen LogP contribution is 2.72. The Morgan fingerprint density at radius 2 is 1.74 bits per heavy atom. The van der Waals surface area contributed by atoms with Crippen LogP contribution >= 0.6 is 31.9 Å². The van der Waals surface area contributed by atoms with E-state index in [0.29, 0.717) is 0 Å². The van der Waals surface area contributed by atoms with Crippen LogP contribution in [0.15, 0.2) is 21.1 Å².